The van der Waals surface area contributed by atoms with Crippen LogP contribution in [0.25, 0.3) is 0 Å². The summed E-state index contributed by atoms with van der Waals surface area (Å²) in [6, 6.07) is 6.79. The molecule has 1 aliphatic heterocycles. The summed E-state index contributed by atoms with van der Waals surface area (Å²) >= 11 is 7.55. The van der Waals surface area contributed by atoms with Gasteiger partial charge in [-0.3, -0.25) is 14.9 Å². The Kier molecular flexibility index (Phi) is 6.30. The van der Waals surface area contributed by atoms with Crippen LogP contribution in [-0.4, -0.2) is 55.5 Å². The van der Waals surface area contributed by atoms with Gasteiger partial charge in [0.05, 0.1) is 12.0 Å². The zero-order chi connectivity index (χ0) is 19.4. The molecule has 1 saturated heterocycles. The van der Waals surface area contributed by atoms with Crippen molar-refractivity contribution < 1.29 is 14.6 Å². The molecule has 1 aromatic heterocycles. The standard InChI is InChI=1S/C18H21ClN4O3S/c1-20(11-14-4-9-27-13-14)12-18(24)22-7-5-21(6-8-22)16-3-2-15(19)10-17(16)23(25)26/h2-4,9-10,13H,5-8,11-12H2,1H3/p+1. The van der Waals surface area contributed by atoms with Crippen LogP contribution in [0.3, 0.4) is 0 Å². The number of benzene rings is 1. The molecule has 0 spiro atoms. The predicted octanol–water partition coefficient (Wildman–Crippen LogP) is 1.67. The number of hydrogen-bond acceptors (Lipinski definition) is 5. The maximum atomic E-state index is 12.6. The molecule has 2 aromatic rings. The van der Waals surface area contributed by atoms with Crippen LogP contribution in [0.1, 0.15) is 5.56 Å². The second-order valence-electron chi connectivity index (χ2n) is 6.70. The fourth-order valence-electron chi connectivity index (χ4n) is 3.28. The van der Waals surface area contributed by atoms with Crippen LogP contribution >= 0.6 is 22.9 Å². The second-order valence-corrected chi connectivity index (χ2v) is 7.92. The average molecular weight is 410 g/mol. The number of nitrogens with zero attached hydrogens (tertiary/aromatic N) is 3. The number of piperazine rings is 1. The summed E-state index contributed by atoms with van der Waals surface area (Å²) in [5.74, 6) is 0.119. The number of quaternary nitrogens is 1. The maximum absolute atomic E-state index is 12.6. The minimum Gasteiger partial charge on any atom is -0.362 e. The molecular formula is C18H22ClN4O3S+. The summed E-state index contributed by atoms with van der Waals surface area (Å²) in [6.45, 7) is 3.52. The number of hydrogen-bond donors (Lipinski definition) is 1. The van der Waals surface area contributed by atoms with E-state index in [0.717, 1.165) is 11.4 Å². The lowest BCUT2D eigenvalue weighted by molar-refractivity contribution is -0.885. The zero-order valence-corrected chi connectivity index (χ0v) is 16.6. The zero-order valence-electron chi connectivity index (χ0n) is 15.1. The second kappa shape index (κ2) is 8.69. The number of amides is 1. The van der Waals surface area contributed by atoms with Gasteiger partial charge in [0.1, 0.15) is 12.2 Å². The molecule has 0 saturated carbocycles. The Hall–Kier alpha value is -2.16. The fourth-order valence-corrected chi connectivity index (χ4v) is 4.12. The molecule has 7 nitrogen and oxygen atoms in total. The number of anilines is 1. The van der Waals surface area contributed by atoms with Crippen molar-refractivity contribution in [1.82, 2.24) is 4.90 Å². The molecule has 3 rings (SSSR count). The predicted molar refractivity (Wildman–Crippen MR) is 107 cm³/mol. The van der Waals surface area contributed by atoms with Gasteiger partial charge in [-0.05, 0) is 29.0 Å². The minimum atomic E-state index is -0.415. The van der Waals surface area contributed by atoms with Gasteiger partial charge in [0.15, 0.2) is 6.54 Å². The van der Waals surface area contributed by atoms with E-state index in [9.17, 15) is 14.9 Å². The van der Waals surface area contributed by atoms with E-state index >= 15 is 0 Å². The van der Waals surface area contributed by atoms with Crippen LogP contribution in [0.2, 0.25) is 5.02 Å². The number of thiophene rings is 1. The average Bonchev–Trinajstić information content (AvgIpc) is 3.14. The van der Waals surface area contributed by atoms with Crippen LogP contribution < -0.4 is 9.80 Å². The molecule has 0 bridgehead atoms. The third-order valence-corrected chi connectivity index (χ3v) is 5.61. The summed E-state index contributed by atoms with van der Waals surface area (Å²) < 4.78 is 0. The third-order valence-electron chi connectivity index (χ3n) is 4.65. The van der Waals surface area contributed by atoms with Gasteiger partial charge in [0.25, 0.3) is 11.6 Å². The number of nitro benzene ring substituents is 1. The number of carbonyl (C=O) groups is 1. The lowest BCUT2D eigenvalue weighted by Crippen LogP contribution is -3.08. The third kappa shape index (κ3) is 4.97. The molecule has 1 amide bonds. The molecular weight excluding hydrogens is 388 g/mol. The van der Waals surface area contributed by atoms with Gasteiger partial charge in [-0.25, -0.2) is 0 Å². The molecule has 1 unspecified atom stereocenters. The first-order chi connectivity index (χ1) is 12.9. The van der Waals surface area contributed by atoms with Crippen LogP contribution in [0.4, 0.5) is 11.4 Å². The van der Waals surface area contributed by atoms with Crippen LogP contribution in [0.15, 0.2) is 35.0 Å². The molecule has 2 heterocycles. The van der Waals surface area contributed by atoms with E-state index < -0.39 is 4.92 Å². The Morgan fingerprint density at radius 1 is 1.30 bits per heavy atom. The Balaban J connectivity index is 1.55. The van der Waals surface area contributed by atoms with Gasteiger partial charge >= 0.3 is 0 Å². The van der Waals surface area contributed by atoms with Crippen LogP contribution in [0, 0.1) is 10.1 Å². The van der Waals surface area contributed by atoms with Gasteiger partial charge in [-0.1, -0.05) is 11.6 Å². The van der Waals surface area contributed by atoms with E-state index in [-0.39, 0.29) is 11.6 Å². The normalized spacial score (nSPS) is 15.6. The Bertz CT molecular complexity index is 807. The summed E-state index contributed by atoms with van der Waals surface area (Å²) in [5.41, 5.74) is 1.80. The van der Waals surface area contributed by atoms with E-state index in [1.807, 2.05) is 22.2 Å². The Morgan fingerprint density at radius 3 is 2.67 bits per heavy atom. The van der Waals surface area contributed by atoms with Crippen molar-refractivity contribution in [2.45, 2.75) is 6.54 Å². The lowest BCUT2D eigenvalue weighted by atomic mass is 10.2. The van der Waals surface area contributed by atoms with Crippen molar-refractivity contribution in [3.8, 4) is 0 Å². The van der Waals surface area contributed by atoms with Crippen molar-refractivity contribution in [2.75, 3.05) is 44.7 Å². The van der Waals surface area contributed by atoms with E-state index in [1.165, 1.54) is 11.6 Å². The van der Waals surface area contributed by atoms with Crippen LogP contribution in [0.5, 0.6) is 0 Å². The number of rotatable bonds is 6. The molecule has 1 fully saturated rings. The summed E-state index contributed by atoms with van der Waals surface area (Å²) in [7, 11) is 2.02. The first-order valence-electron chi connectivity index (χ1n) is 8.73. The summed E-state index contributed by atoms with van der Waals surface area (Å²) in [4.78, 5) is 28.4. The highest BCUT2D eigenvalue weighted by Gasteiger charge is 2.27. The highest BCUT2D eigenvalue weighted by molar-refractivity contribution is 7.07. The highest BCUT2D eigenvalue weighted by atomic mass is 35.5. The molecule has 9 heteroatoms. The lowest BCUT2D eigenvalue weighted by Gasteiger charge is -2.36. The van der Waals surface area contributed by atoms with Crippen molar-refractivity contribution in [3.05, 3.63) is 55.7 Å². The number of halogens is 1. The van der Waals surface area contributed by atoms with E-state index in [1.54, 1.807) is 23.5 Å². The summed E-state index contributed by atoms with van der Waals surface area (Å²) in [5, 5.41) is 15.8. The molecule has 144 valence electrons. The van der Waals surface area contributed by atoms with Gasteiger partial charge in [0.2, 0.25) is 0 Å². The van der Waals surface area contributed by atoms with E-state index in [4.69, 9.17) is 11.6 Å². The van der Waals surface area contributed by atoms with Gasteiger partial charge in [0, 0.05) is 42.8 Å². The number of likely N-dealkylation sites (N-methyl/N-ethyl adjacent to an activating group) is 1. The van der Waals surface area contributed by atoms with E-state index in [2.05, 4.69) is 11.4 Å². The Morgan fingerprint density at radius 2 is 2.04 bits per heavy atom. The highest BCUT2D eigenvalue weighted by Crippen LogP contribution is 2.31. The molecule has 0 radical (unpaired) electrons. The summed E-state index contributed by atoms with van der Waals surface area (Å²) in [6.07, 6.45) is 0. The first-order valence-corrected chi connectivity index (χ1v) is 10.0. The van der Waals surface area contributed by atoms with Gasteiger partial charge in [-0.15, -0.1) is 0 Å². The quantitative estimate of drug-likeness (QED) is 0.582. The van der Waals surface area contributed by atoms with Gasteiger partial charge < -0.3 is 14.7 Å². The van der Waals surface area contributed by atoms with Crippen molar-refractivity contribution in [3.63, 3.8) is 0 Å². The Labute approximate surface area is 166 Å². The molecule has 27 heavy (non-hydrogen) atoms. The first kappa shape index (κ1) is 19.6. The van der Waals surface area contributed by atoms with Crippen molar-refractivity contribution in [1.29, 1.82) is 0 Å². The number of nitrogens with one attached hydrogen (secondary N) is 1. The molecule has 1 aromatic carbocycles. The molecule has 0 aliphatic carbocycles. The molecule has 1 atom stereocenters. The maximum Gasteiger partial charge on any atom is 0.294 e. The van der Waals surface area contributed by atoms with Crippen molar-refractivity contribution in [2.24, 2.45) is 0 Å². The minimum absolute atomic E-state index is 0.00205. The van der Waals surface area contributed by atoms with Gasteiger partial charge in [-0.2, -0.15) is 11.3 Å². The monoisotopic (exact) mass is 409 g/mol. The number of nitro groups is 1. The largest absolute Gasteiger partial charge is 0.362 e. The SMILES string of the molecule is C[NH+](CC(=O)N1CCN(c2ccc(Cl)cc2[N+](=O)[O-])CC1)Cc1ccsc1. The molecule has 1 aliphatic rings. The smallest absolute Gasteiger partial charge is 0.294 e. The van der Waals surface area contributed by atoms with Crippen LogP contribution in [-0.2, 0) is 11.3 Å². The van der Waals surface area contributed by atoms with E-state index in [0.29, 0.717) is 43.4 Å². The fraction of sp³-hybridized carbons (Fsp3) is 0.389. The molecule has 1 N–H and O–H groups in total. The van der Waals surface area contributed by atoms with Crippen molar-refractivity contribution >= 4 is 40.2 Å². The number of carbonyl (C=O) groups excluding carboxylic acids is 1. The topological polar surface area (TPSA) is 71.1 Å².